The number of hydrogen-bond donors (Lipinski definition) is 1. The van der Waals surface area contributed by atoms with Crippen LogP contribution in [0.5, 0.6) is 0 Å². The van der Waals surface area contributed by atoms with Crippen LogP contribution in [-0.2, 0) is 9.53 Å². The van der Waals surface area contributed by atoms with Crippen LogP contribution in [0, 0.1) is 0 Å². The zero-order chi connectivity index (χ0) is 8.10. The molecule has 0 spiro atoms. The van der Waals surface area contributed by atoms with E-state index >= 15 is 0 Å². The lowest BCUT2D eigenvalue weighted by atomic mass is 10.2. The number of nitrogens with one attached hydrogen (secondary N) is 1. The topological polar surface area (TPSA) is 38.3 Å². The predicted molar refractivity (Wildman–Crippen MR) is 41.9 cm³/mol. The van der Waals surface area contributed by atoms with Gasteiger partial charge in [-0.2, -0.15) is 0 Å². The number of carbonyl (C=O) groups is 1. The second-order valence-electron chi connectivity index (χ2n) is 2.25. The van der Waals surface area contributed by atoms with E-state index in [1.54, 1.807) is 12.3 Å². The lowest BCUT2D eigenvalue weighted by molar-refractivity contribution is -0.135. The first kappa shape index (κ1) is 7.85. The summed E-state index contributed by atoms with van der Waals surface area (Å²) in [5, 5.41) is 2.93. The van der Waals surface area contributed by atoms with Crippen molar-refractivity contribution in [3.05, 3.63) is 24.4 Å². The van der Waals surface area contributed by atoms with Crippen molar-refractivity contribution in [1.82, 2.24) is 5.32 Å². The van der Waals surface area contributed by atoms with Gasteiger partial charge in [-0.25, -0.2) is 4.79 Å². The molecule has 1 rings (SSSR count). The predicted octanol–water partition coefficient (Wildman–Crippen LogP) is 0.593. The normalized spacial score (nSPS) is 20.0. The highest BCUT2D eigenvalue weighted by molar-refractivity contribution is 5.90. The molecular weight excluding hydrogens is 142 g/mol. The molecule has 0 amide bonds. The maximum absolute atomic E-state index is 10.8. The van der Waals surface area contributed by atoms with Crippen molar-refractivity contribution < 1.29 is 9.53 Å². The zero-order valence-electron chi connectivity index (χ0n) is 6.30. The monoisotopic (exact) mass is 153 g/mol. The molecule has 1 aliphatic rings. The molecule has 3 nitrogen and oxygen atoms in total. The summed E-state index contributed by atoms with van der Waals surface area (Å²) in [4.78, 5) is 10.8. The van der Waals surface area contributed by atoms with E-state index in [4.69, 9.17) is 4.74 Å². The van der Waals surface area contributed by atoms with Crippen LogP contribution >= 0.6 is 0 Å². The number of ether oxygens (including phenoxy) is 1. The number of hydrogen-bond acceptors (Lipinski definition) is 3. The van der Waals surface area contributed by atoms with Crippen molar-refractivity contribution in [1.29, 1.82) is 0 Å². The Morgan fingerprint density at radius 2 is 2.55 bits per heavy atom. The van der Waals surface area contributed by atoms with Crippen molar-refractivity contribution in [2.24, 2.45) is 0 Å². The molecule has 0 bridgehead atoms. The van der Waals surface area contributed by atoms with Crippen LogP contribution < -0.4 is 5.32 Å². The highest BCUT2D eigenvalue weighted by Gasteiger charge is 2.17. The van der Waals surface area contributed by atoms with Crippen LogP contribution in [-0.4, -0.2) is 19.1 Å². The van der Waals surface area contributed by atoms with Crippen LogP contribution in [0.2, 0.25) is 0 Å². The van der Waals surface area contributed by atoms with E-state index in [0.717, 1.165) is 0 Å². The summed E-state index contributed by atoms with van der Waals surface area (Å²) in [6.45, 7) is 4.73. The molecule has 0 atom stereocenters. The van der Waals surface area contributed by atoms with Crippen LogP contribution in [0.1, 0.15) is 6.42 Å². The summed E-state index contributed by atoms with van der Waals surface area (Å²) in [6.07, 6.45) is 4.14. The smallest absolute Gasteiger partial charge is 0.335 e. The molecule has 1 aliphatic heterocycles. The largest absolute Gasteiger partial charge is 0.462 e. The minimum Gasteiger partial charge on any atom is -0.462 e. The Kier molecular flexibility index (Phi) is 2.72. The van der Waals surface area contributed by atoms with Crippen molar-refractivity contribution in [2.75, 3.05) is 13.2 Å². The second-order valence-corrected chi connectivity index (χ2v) is 2.25. The Balaban J connectivity index is 2.38. The molecule has 0 radical (unpaired) electrons. The van der Waals surface area contributed by atoms with Gasteiger partial charge in [-0.05, 0) is 0 Å². The minimum atomic E-state index is -0.207. The second kappa shape index (κ2) is 3.81. The fourth-order valence-electron chi connectivity index (χ4n) is 0.845. The molecule has 11 heavy (non-hydrogen) atoms. The molecule has 3 heteroatoms. The highest BCUT2D eigenvalue weighted by Crippen LogP contribution is 2.10. The summed E-state index contributed by atoms with van der Waals surface area (Å²) in [5.74, 6) is -0.207. The minimum absolute atomic E-state index is 0.207. The zero-order valence-corrected chi connectivity index (χ0v) is 6.30. The number of esters is 1. The van der Waals surface area contributed by atoms with Crippen LogP contribution in [0.25, 0.3) is 0 Å². The van der Waals surface area contributed by atoms with Gasteiger partial charge < -0.3 is 10.1 Å². The average molecular weight is 153 g/mol. The van der Waals surface area contributed by atoms with Gasteiger partial charge >= 0.3 is 5.97 Å². The fraction of sp³-hybridized carbons (Fsp3) is 0.375. The average Bonchev–Trinajstić information content (AvgIpc) is 2.37. The van der Waals surface area contributed by atoms with Gasteiger partial charge in [0, 0.05) is 19.2 Å². The van der Waals surface area contributed by atoms with Gasteiger partial charge in [0.25, 0.3) is 0 Å². The van der Waals surface area contributed by atoms with E-state index in [-0.39, 0.29) is 5.97 Å². The molecule has 0 aromatic heterocycles. The van der Waals surface area contributed by atoms with Gasteiger partial charge in [0.05, 0.1) is 12.2 Å². The molecule has 1 saturated heterocycles. The fourth-order valence-corrected chi connectivity index (χ4v) is 0.845. The lowest BCUT2D eigenvalue weighted by Crippen LogP contribution is -2.07. The first-order chi connectivity index (χ1) is 5.34. The van der Waals surface area contributed by atoms with Crippen molar-refractivity contribution >= 4 is 5.97 Å². The molecule has 1 heterocycles. The van der Waals surface area contributed by atoms with Gasteiger partial charge in [0.15, 0.2) is 0 Å². The van der Waals surface area contributed by atoms with Crippen molar-refractivity contribution in [3.8, 4) is 0 Å². The van der Waals surface area contributed by atoms with E-state index in [1.807, 2.05) is 0 Å². The standard InChI is InChI=1S/C8H11NO2/c1-2-4-9-6-7-3-5-11-8(7)10/h2,6,9H,1,3-5H2. The van der Waals surface area contributed by atoms with Crippen molar-refractivity contribution in [2.45, 2.75) is 6.42 Å². The van der Waals surface area contributed by atoms with Gasteiger partial charge in [0.1, 0.15) is 0 Å². The van der Waals surface area contributed by atoms with Crippen LogP contribution in [0.3, 0.4) is 0 Å². The Bertz CT molecular complexity index is 196. The summed E-state index contributed by atoms with van der Waals surface area (Å²) in [7, 11) is 0. The third-order valence-corrected chi connectivity index (χ3v) is 1.41. The number of rotatable bonds is 3. The first-order valence-electron chi connectivity index (χ1n) is 3.55. The molecule has 0 aliphatic carbocycles. The summed E-state index contributed by atoms with van der Waals surface area (Å²) >= 11 is 0. The maximum Gasteiger partial charge on any atom is 0.335 e. The summed E-state index contributed by atoms with van der Waals surface area (Å²) < 4.78 is 4.72. The van der Waals surface area contributed by atoms with Gasteiger partial charge in [-0.3, -0.25) is 0 Å². The Morgan fingerprint density at radius 3 is 3.09 bits per heavy atom. The third-order valence-electron chi connectivity index (χ3n) is 1.41. The van der Waals surface area contributed by atoms with Crippen LogP contribution in [0.15, 0.2) is 24.4 Å². The molecule has 0 unspecified atom stereocenters. The van der Waals surface area contributed by atoms with E-state index in [1.165, 1.54) is 0 Å². The van der Waals surface area contributed by atoms with Gasteiger partial charge in [-0.15, -0.1) is 6.58 Å². The molecule has 1 N–H and O–H groups in total. The van der Waals surface area contributed by atoms with Gasteiger partial charge in [0.2, 0.25) is 0 Å². The summed E-state index contributed by atoms with van der Waals surface area (Å²) in [5.41, 5.74) is 0.715. The maximum atomic E-state index is 10.8. The van der Waals surface area contributed by atoms with E-state index < -0.39 is 0 Å². The molecule has 0 aromatic rings. The quantitative estimate of drug-likeness (QED) is 0.279. The highest BCUT2D eigenvalue weighted by atomic mass is 16.5. The van der Waals surface area contributed by atoms with Crippen molar-refractivity contribution in [3.63, 3.8) is 0 Å². The molecule has 0 saturated carbocycles. The Labute approximate surface area is 65.7 Å². The lowest BCUT2D eigenvalue weighted by Gasteiger charge is -1.94. The van der Waals surface area contributed by atoms with Gasteiger partial charge in [-0.1, -0.05) is 6.08 Å². The molecule has 60 valence electrons. The molecular formula is C8H11NO2. The van der Waals surface area contributed by atoms with E-state index in [0.29, 0.717) is 25.1 Å². The molecule has 0 aromatic carbocycles. The number of carbonyl (C=O) groups excluding carboxylic acids is 1. The Hall–Kier alpha value is -1.25. The van der Waals surface area contributed by atoms with E-state index in [2.05, 4.69) is 11.9 Å². The third kappa shape index (κ3) is 2.11. The van der Waals surface area contributed by atoms with E-state index in [9.17, 15) is 4.79 Å². The Morgan fingerprint density at radius 1 is 1.73 bits per heavy atom. The van der Waals surface area contributed by atoms with Crippen LogP contribution in [0.4, 0.5) is 0 Å². The SMILES string of the molecule is C=CCNC=C1CCOC1=O. The molecule has 1 fully saturated rings. The number of cyclic esters (lactones) is 1. The first-order valence-corrected chi connectivity index (χ1v) is 3.55. The summed E-state index contributed by atoms with van der Waals surface area (Å²) in [6, 6.07) is 0.